The van der Waals surface area contributed by atoms with Crippen molar-refractivity contribution in [1.82, 2.24) is 0 Å². The smallest absolute Gasteiger partial charge is 0.130 e. The van der Waals surface area contributed by atoms with Crippen LogP contribution in [0.25, 0.3) is 0 Å². The molecule has 94 valence electrons. The van der Waals surface area contributed by atoms with E-state index in [2.05, 4.69) is 0 Å². The average Bonchev–Trinajstić information content (AvgIpc) is 2.31. The fraction of sp³-hybridized carbons (Fsp3) is 0.571. The average molecular weight is 237 g/mol. The quantitative estimate of drug-likeness (QED) is 0.848. The van der Waals surface area contributed by atoms with Gasteiger partial charge in [0.25, 0.3) is 0 Å². The normalized spacial score (nSPS) is 24.8. The molecule has 0 heterocycles. The second-order valence-corrected chi connectivity index (χ2v) is 5.00. The SMILES string of the molecule is NCCC1CCC(c2ccc(O)cc2F)CC1. The number of hydrogen-bond donors (Lipinski definition) is 2. The number of halogens is 1. The van der Waals surface area contributed by atoms with Gasteiger partial charge in [-0.1, -0.05) is 6.07 Å². The van der Waals surface area contributed by atoms with E-state index in [1.165, 1.54) is 6.07 Å². The first-order valence-electron chi connectivity index (χ1n) is 6.39. The zero-order valence-corrected chi connectivity index (χ0v) is 10.0. The van der Waals surface area contributed by atoms with Crippen LogP contribution < -0.4 is 5.73 Å². The number of rotatable bonds is 3. The van der Waals surface area contributed by atoms with Crippen molar-refractivity contribution >= 4 is 0 Å². The molecule has 0 saturated heterocycles. The van der Waals surface area contributed by atoms with Crippen molar-refractivity contribution in [2.24, 2.45) is 11.7 Å². The van der Waals surface area contributed by atoms with Crippen molar-refractivity contribution in [1.29, 1.82) is 0 Å². The fourth-order valence-corrected chi connectivity index (χ4v) is 2.84. The Hall–Kier alpha value is -1.09. The zero-order valence-electron chi connectivity index (χ0n) is 10.0. The zero-order chi connectivity index (χ0) is 12.3. The Kier molecular flexibility index (Phi) is 4.00. The van der Waals surface area contributed by atoms with Gasteiger partial charge in [-0.25, -0.2) is 4.39 Å². The molecule has 0 aromatic heterocycles. The summed E-state index contributed by atoms with van der Waals surface area (Å²) in [5, 5.41) is 9.19. The van der Waals surface area contributed by atoms with Gasteiger partial charge < -0.3 is 10.8 Å². The van der Waals surface area contributed by atoms with Gasteiger partial charge >= 0.3 is 0 Å². The molecular weight excluding hydrogens is 217 g/mol. The van der Waals surface area contributed by atoms with E-state index in [0.29, 0.717) is 5.92 Å². The van der Waals surface area contributed by atoms with E-state index in [1.54, 1.807) is 12.1 Å². The molecule has 1 saturated carbocycles. The number of hydrogen-bond acceptors (Lipinski definition) is 2. The number of nitrogens with two attached hydrogens (primary N) is 1. The number of benzene rings is 1. The van der Waals surface area contributed by atoms with Crippen LogP contribution in [0.4, 0.5) is 4.39 Å². The van der Waals surface area contributed by atoms with Crippen LogP contribution in [-0.2, 0) is 0 Å². The van der Waals surface area contributed by atoms with Crippen molar-refractivity contribution in [3.8, 4) is 5.75 Å². The summed E-state index contributed by atoms with van der Waals surface area (Å²) >= 11 is 0. The maximum Gasteiger partial charge on any atom is 0.130 e. The standard InChI is InChI=1S/C14H20FNO/c15-14-9-12(17)5-6-13(14)11-3-1-10(2-4-11)7-8-16/h5-6,9-11,17H,1-4,7-8,16H2. The van der Waals surface area contributed by atoms with Crippen LogP contribution >= 0.6 is 0 Å². The minimum atomic E-state index is -0.271. The molecular formula is C14H20FNO. The summed E-state index contributed by atoms with van der Waals surface area (Å²) in [5.41, 5.74) is 6.32. The Morgan fingerprint density at radius 1 is 1.24 bits per heavy atom. The van der Waals surface area contributed by atoms with Crippen molar-refractivity contribution in [2.75, 3.05) is 6.54 Å². The number of phenols is 1. The third-order valence-electron chi connectivity index (χ3n) is 3.85. The highest BCUT2D eigenvalue weighted by Gasteiger charge is 2.23. The molecule has 0 radical (unpaired) electrons. The Morgan fingerprint density at radius 2 is 1.94 bits per heavy atom. The molecule has 1 fully saturated rings. The van der Waals surface area contributed by atoms with E-state index in [-0.39, 0.29) is 11.6 Å². The Labute approximate surface area is 102 Å². The first kappa shape index (κ1) is 12.4. The van der Waals surface area contributed by atoms with E-state index >= 15 is 0 Å². The molecule has 0 spiro atoms. The molecule has 0 unspecified atom stereocenters. The Bertz CT molecular complexity index is 372. The molecule has 3 N–H and O–H groups in total. The van der Waals surface area contributed by atoms with Gasteiger partial charge in [-0.05, 0) is 62.1 Å². The second-order valence-electron chi connectivity index (χ2n) is 5.00. The molecule has 0 bridgehead atoms. The third-order valence-corrected chi connectivity index (χ3v) is 3.85. The summed E-state index contributed by atoms with van der Waals surface area (Å²) in [6.45, 7) is 0.753. The minimum Gasteiger partial charge on any atom is -0.508 e. The fourth-order valence-electron chi connectivity index (χ4n) is 2.84. The van der Waals surface area contributed by atoms with Gasteiger partial charge in [-0.3, -0.25) is 0 Å². The predicted molar refractivity (Wildman–Crippen MR) is 66.4 cm³/mol. The molecule has 1 aliphatic carbocycles. The summed E-state index contributed by atoms with van der Waals surface area (Å²) in [4.78, 5) is 0. The van der Waals surface area contributed by atoms with Crippen LogP contribution in [0, 0.1) is 11.7 Å². The van der Waals surface area contributed by atoms with E-state index in [4.69, 9.17) is 5.73 Å². The third kappa shape index (κ3) is 2.97. The van der Waals surface area contributed by atoms with Gasteiger partial charge in [-0.2, -0.15) is 0 Å². The van der Waals surface area contributed by atoms with Gasteiger partial charge in [0.05, 0.1) is 0 Å². The first-order valence-corrected chi connectivity index (χ1v) is 6.39. The van der Waals surface area contributed by atoms with E-state index in [0.717, 1.165) is 50.1 Å². The molecule has 17 heavy (non-hydrogen) atoms. The van der Waals surface area contributed by atoms with Gasteiger partial charge in [0.15, 0.2) is 0 Å². The highest BCUT2D eigenvalue weighted by atomic mass is 19.1. The summed E-state index contributed by atoms with van der Waals surface area (Å²) in [6, 6.07) is 4.50. The molecule has 1 aromatic rings. The van der Waals surface area contributed by atoms with Crippen molar-refractivity contribution < 1.29 is 9.50 Å². The van der Waals surface area contributed by atoms with Crippen LogP contribution in [0.2, 0.25) is 0 Å². The Balaban J connectivity index is 2.00. The number of phenolic OH excluding ortho intramolecular Hbond substituents is 1. The first-order chi connectivity index (χ1) is 8.20. The number of aromatic hydroxyl groups is 1. The topological polar surface area (TPSA) is 46.2 Å². The van der Waals surface area contributed by atoms with Gasteiger partial charge in [0.2, 0.25) is 0 Å². The highest BCUT2D eigenvalue weighted by Crippen LogP contribution is 2.38. The molecule has 2 rings (SSSR count). The lowest BCUT2D eigenvalue weighted by atomic mass is 9.77. The predicted octanol–water partition coefficient (Wildman–Crippen LogP) is 3.15. The lowest BCUT2D eigenvalue weighted by Gasteiger charge is -2.28. The summed E-state index contributed by atoms with van der Waals surface area (Å²) < 4.78 is 13.7. The van der Waals surface area contributed by atoms with E-state index < -0.39 is 0 Å². The maximum atomic E-state index is 13.7. The lowest BCUT2D eigenvalue weighted by molar-refractivity contribution is 0.309. The van der Waals surface area contributed by atoms with E-state index in [1.807, 2.05) is 0 Å². The highest BCUT2D eigenvalue weighted by molar-refractivity contribution is 5.30. The maximum absolute atomic E-state index is 13.7. The molecule has 0 amide bonds. The second kappa shape index (κ2) is 5.50. The Morgan fingerprint density at radius 3 is 2.53 bits per heavy atom. The van der Waals surface area contributed by atoms with Crippen molar-refractivity contribution in [3.05, 3.63) is 29.6 Å². The summed E-state index contributed by atoms with van der Waals surface area (Å²) in [6.07, 6.45) is 5.44. The van der Waals surface area contributed by atoms with Gasteiger partial charge in [-0.15, -0.1) is 0 Å². The summed E-state index contributed by atoms with van der Waals surface area (Å²) in [5.74, 6) is 0.761. The molecule has 0 atom stereocenters. The van der Waals surface area contributed by atoms with Crippen LogP contribution in [0.1, 0.15) is 43.6 Å². The van der Waals surface area contributed by atoms with Gasteiger partial charge in [0, 0.05) is 6.07 Å². The molecule has 1 aliphatic rings. The van der Waals surface area contributed by atoms with Crippen LogP contribution in [0.15, 0.2) is 18.2 Å². The minimum absolute atomic E-state index is 0.00284. The van der Waals surface area contributed by atoms with Crippen molar-refractivity contribution in [2.45, 2.75) is 38.0 Å². The van der Waals surface area contributed by atoms with Gasteiger partial charge in [0.1, 0.15) is 11.6 Å². The lowest BCUT2D eigenvalue weighted by Crippen LogP contribution is -2.17. The van der Waals surface area contributed by atoms with Crippen molar-refractivity contribution in [3.63, 3.8) is 0 Å². The largest absolute Gasteiger partial charge is 0.508 e. The molecule has 2 nitrogen and oxygen atoms in total. The van der Waals surface area contributed by atoms with Crippen LogP contribution in [0.5, 0.6) is 5.75 Å². The van der Waals surface area contributed by atoms with Crippen LogP contribution in [0.3, 0.4) is 0 Å². The molecule has 0 aliphatic heterocycles. The molecule has 1 aromatic carbocycles. The summed E-state index contributed by atoms with van der Waals surface area (Å²) in [7, 11) is 0. The molecule has 3 heteroatoms. The van der Waals surface area contributed by atoms with E-state index in [9.17, 15) is 9.50 Å². The monoisotopic (exact) mass is 237 g/mol. The van der Waals surface area contributed by atoms with Crippen LogP contribution in [-0.4, -0.2) is 11.7 Å².